The minimum absolute atomic E-state index is 0.234. The zero-order chi connectivity index (χ0) is 14.1. The first-order valence-electron chi connectivity index (χ1n) is 6.39. The van der Waals surface area contributed by atoms with E-state index in [0.29, 0.717) is 6.61 Å². The number of nitrogens with two attached hydrogens (primary N) is 1. The van der Waals surface area contributed by atoms with Crippen molar-refractivity contribution in [3.8, 4) is 11.5 Å². The standard InChI is InChI=1S/C16H16N2O2/c1-18-9-11(15-7-2-12(17)8-16(15)18)10-20-14-5-3-13(19)4-6-14/h2-9,19H,10,17H2,1H3. The van der Waals surface area contributed by atoms with Crippen LogP contribution in [0, 0.1) is 0 Å². The van der Waals surface area contributed by atoms with Crippen LogP contribution in [-0.4, -0.2) is 9.67 Å². The molecule has 4 heteroatoms. The number of aromatic nitrogens is 1. The maximum absolute atomic E-state index is 9.24. The van der Waals surface area contributed by atoms with Gasteiger partial charge in [0.1, 0.15) is 18.1 Å². The van der Waals surface area contributed by atoms with Gasteiger partial charge in [-0.1, -0.05) is 6.07 Å². The van der Waals surface area contributed by atoms with Crippen LogP contribution in [0.25, 0.3) is 10.9 Å². The van der Waals surface area contributed by atoms with Crippen LogP contribution < -0.4 is 10.5 Å². The first-order valence-corrected chi connectivity index (χ1v) is 6.39. The van der Waals surface area contributed by atoms with Crippen molar-refractivity contribution in [2.45, 2.75) is 6.61 Å². The van der Waals surface area contributed by atoms with Gasteiger partial charge in [0.05, 0.1) is 5.52 Å². The first kappa shape index (κ1) is 12.4. The van der Waals surface area contributed by atoms with Crippen LogP contribution in [0.5, 0.6) is 11.5 Å². The second-order valence-corrected chi connectivity index (χ2v) is 4.82. The van der Waals surface area contributed by atoms with E-state index in [1.807, 2.05) is 36.0 Å². The van der Waals surface area contributed by atoms with Gasteiger partial charge in [0.25, 0.3) is 0 Å². The van der Waals surface area contributed by atoms with E-state index in [9.17, 15) is 5.11 Å². The van der Waals surface area contributed by atoms with Crippen LogP contribution in [0.15, 0.2) is 48.7 Å². The van der Waals surface area contributed by atoms with Crippen molar-refractivity contribution in [1.29, 1.82) is 0 Å². The van der Waals surface area contributed by atoms with Crippen molar-refractivity contribution < 1.29 is 9.84 Å². The summed E-state index contributed by atoms with van der Waals surface area (Å²) in [5.41, 5.74) is 8.77. The molecule has 0 atom stereocenters. The molecule has 4 nitrogen and oxygen atoms in total. The van der Waals surface area contributed by atoms with Crippen LogP contribution in [0.4, 0.5) is 5.69 Å². The molecule has 0 aliphatic heterocycles. The molecule has 2 aromatic carbocycles. The van der Waals surface area contributed by atoms with Gasteiger partial charge >= 0.3 is 0 Å². The van der Waals surface area contributed by atoms with Gasteiger partial charge in [0.15, 0.2) is 0 Å². The van der Waals surface area contributed by atoms with Crippen LogP contribution in [0.1, 0.15) is 5.56 Å². The number of fused-ring (bicyclic) bond motifs is 1. The lowest BCUT2D eigenvalue weighted by Gasteiger charge is -2.05. The third-order valence-electron chi connectivity index (χ3n) is 3.33. The molecule has 0 spiro atoms. The highest BCUT2D eigenvalue weighted by Crippen LogP contribution is 2.24. The number of hydrogen-bond donors (Lipinski definition) is 2. The van der Waals surface area contributed by atoms with Crippen molar-refractivity contribution in [2.75, 3.05) is 5.73 Å². The summed E-state index contributed by atoms with van der Waals surface area (Å²) in [6.45, 7) is 0.478. The number of hydrogen-bond acceptors (Lipinski definition) is 3. The summed E-state index contributed by atoms with van der Waals surface area (Å²) in [6.07, 6.45) is 2.05. The van der Waals surface area contributed by atoms with Gasteiger partial charge in [-0.15, -0.1) is 0 Å². The molecule has 102 valence electrons. The summed E-state index contributed by atoms with van der Waals surface area (Å²) in [5, 5.41) is 10.4. The van der Waals surface area contributed by atoms with Crippen LogP contribution in [0.2, 0.25) is 0 Å². The van der Waals surface area contributed by atoms with E-state index >= 15 is 0 Å². The fraction of sp³-hybridized carbons (Fsp3) is 0.125. The molecule has 0 unspecified atom stereocenters. The molecule has 3 aromatic rings. The predicted octanol–water partition coefficient (Wildman–Crippen LogP) is 3.05. The van der Waals surface area contributed by atoms with E-state index in [0.717, 1.165) is 27.9 Å². The summed E-state index contributed by atoms with van der Waals surface area (Å²) >= 11 is 0. The second kappa shape index (κ2) is 4.81. The summed E-state index contributed by atoms with van der Waals surface area (Å²) in [5.74, 6) is 0.966. The molecule has 20 heavy (non-hydrogen) atoms. The normalized spacial score (nSPS) is 10.8. The highest BCUT2D eigenvalue weighted by molar-refractivity contribution is 5.86. The van der Waals surface area contributed by atoms with Gasteiger partial charge in [-0.05, 0) is 36.4 Å². The fourth-order valence-electron chi connectivity index (χ4n) is 2.30. The molecular weight excluding hydrogens is 252 g/mol. The monoisotopic (exact) mass is 268 g/mol. The van der Waals surface area contributed by atoms with Crippen molar-refractivity contribution in [2.24, 2.45) is 7.05 Å². The van der Waals surface area contributed by atoms with Gasteiger partial charge in [0, 0.05) is 29.9 Å². The molecule has 0 bridgehead atoms. The molecular formula is C16H16N2O2. The Kier molecular flexibility index (Phi) is 2.99. The molecule has 3 rings (SSSR count). The quantitative estimate of drug-likeness (QED) is 0.718. The number of ether oxygens (including phenoxy) is 1. The Morgan fingerprint density at radius 2 is 1.90 bits per heavy atom. The van der Waals surface area contributed by atoms with Crippen molar-refractivity contribution in [1.82, 2.24) is 4.57 Å². The Labute approximate surface area is 117 Å². The smallest absolute Gasteiger partial charge is 0.120 e. The highest BCUT2D eigenvalue weighted by atomic mass is 16.5. The number of nitrogens with zero attached hydrogens (tertiary/aromatic N) is 1. The van der Waals surface area contributed by atoms with Crippen LogP contribution in [0.3, 0.4) is 0 Å². The third-order valence-corrected chi connectivity index (χ3v) is 3.33. The molecule has 3 N–H and O–H groups in total. The summed E-state index contributed by atoms with van der Waals surface area (Å²) in [4.78, 5) is 0. The Morgan fingerprint density at radius 3 is 2.65 bits per heavy atom. The minimum atomic E-state index is 0.234. The van der Waals surface area contributed by atoms with Crippen LogP contribution >= 0.6 is 0 Å². The van der Waals surface area contributed by atoms with Crippen molar-refractivity contribution in [3.63, 3.8) is 0 Å². The first-order chi connectivity index (χ1) is 9.63. The molecule has 0 aliphatic carbocycles. The third kappa shape index (κ3) is 2.28. The zero-order valence-electron chi connectivity index (χ0n) is 11.2. The highest BCUT2D eigenvalue weighted by Gasteiger charge is 2.07. The lowest BCUT2D eigenvalue weighted by atomic mass is 10.1. The van der Waals surface area contributed by atoms with Gasteiger partial charge < -0.3 is 20.1 Å². The zero-order valence-corrected chi connectivity index (χ0v) is 11.2. The number of nitrogen functional groups attached to an aromatic ring is 1. The van der Waals surface area contributed by atoms with E-state index in [2.05, 4.69) is 0 Å². The molecule has 0 amide bonds. The Balaban J connectivity index is 1.86. The van der Waals surface area contributed by atoms with Crippen molar-refractivity contribution in [3.05, 3.63) is 54.2 Å². The number of phenolic OH excluding ortho intramolecular Hbond substituents is 1. The van der Waals surface area contributed by atoms with E-state index in [1.54, 1.807) is 24.3 Å². The van der Waals surface area contributed by atoms with Gasteiger partial charge in [0.2, 0.25) is 0 Å². The number of aromatic hydroxyl groups is 1. The summed E-state index contributed by atoms with van der Waals surface area (Å²) < 4.78 is 7.79. The lowest BCUT2D eigenvalue weighted by Crippen LogP contribution is -1.94. The van der Waals surface area contributed by atoms with E-state index < -0.39 is 0 Å². The maximum atomic E-state index is 9.24. The van der Waals surface area contributed by atoms with E-state index in [1.165, 1.54) is 0 Å². The molecule has 0 saturated carbocycles. The molecule has 0 radical (unpaired) electrons. The van der Waals surface area contributed by atoms with Gasteiger partial charge in [-0.25, -0.2) is 0 Å². The number of anilines is 1. The molecule has 1 heterocycles. The maximum Gasteiger partial charge on any atom is 0.120 e. The average molecular weight is 268 g/mol. The van der Waals surface area contributed by atoms with Gasteiger partial charge in [-0.2, -0.15) is 0 Å². The van der Waals surface area contributed by atoms with Gasteiger partial charge in [-0.3, -0.25) is 0 Å². The predicted molar refractivity (Wildman–Crippen MR) is 79.8 cm³/mol. The van der Waals surface area contributed by atoms with E-state index in [4.69, 9.17) is 10.5 Å². The van der Waals surface area contributed by atoms with Crippen molar-refractivity contribution >= 4 is 16.6 Å². The molecule has 1 aromatic heterocycles. The molecule has 0 fully saturated rings. The fourth-order valence-corrected chi connectivity index (χ4v) is 2.30. The average Bonchev–Trinajstić information content (AvgIpc) is 2.74. The largest absolute Gasteiger partial charge is 0.508 e. The molecule has 0 aliphatic rings. The topological polar surface area (TPSA) is 60.4 Å². The number of phenols is 1. The molecule has 0 saturated heterocycles. The number of benzene rings is 2. The Morgan fingerprint density at radius 1 is 1.15 bits per heavy atom. The lowest BCUT2D eigenvalue weighted by molar-refractivity contribution is 0.307. The summed E-state index contributed by atoms with van der Waals surface area (Å²) in [6, 6.07) is 12.6. The van der Waals surface area contributed by atoms with E-state index in [-0.39, 0.29) is 5.75 Å². The number of rotatable bonds is 3. The summed E-state index contributed by atoms with van der Waals surface area (Å²) in [7, 11) is 1.99. The Bertz CT molecular complexity index is 745. The van der Waals surface area contributed by atoms with Crippen LogP contribution in [-0.2, 0) is 13.7 Å². The number of aryl methyl sites for hydroxylation is 1. The minimum Gasteiger partial charge on any atom is -0.508 e. The SMILES string of the molecule is Cn1cc(COc2ccc(O)cc2)c2ccc(N)cc21. The Hall–Kier alpha value is -2.62. The second-order valence-electron chi connectivity index (χ2n) is 4.82.